The van der Waals surface area contributed by atoms with Crippen molar-refractivity contribution in [3.63, 3.8) is 0 Å². The fourth-order valence-corrected chi connectivity index (χ4v) is 2.98. The number of benzene rings is 1. The van der Waals surface area contributed by atoms with Gasteiger partial charge in [0.15, 0.2) is 5.96 Å². The summed E-state index contributed by atoms with van der Waals surface area (Å²) in [5.41, 5.74) is 4.50. The molecule has 6 nitrogen and oxygen atoms in total. The third-order valence-electron chi connectivity index (χ3n) is 4.52. The van der Waals surface area contributed by atoms with E-state index in [1.54, 1.807) is 0 Å². The van der Waals surface area contributed by atoms with Gasteiger partial charge in [-0.3, -0.25) is 5.10 Å². The minimum atomic E-state index is 0.524. The van der Waals surface area contributed by atoms with E-state index >= 15 is 0 Å². The molecule has 0 aliphatic rings. The number of aromatic nitrogens is 2. The van der Waals surface area contributed by atoms with E-state index < -0.39 is 0 Å². The van der Waals surface area contributed by atoms with Crippen LogP contribution in [0.1, 0.15) is 35.9 Å². The maximum Gasteiger partial charge on any atom is 0.191 e. The molecule has 26 heavy (non-hydrogen) atoms. The number of guanidine groups is 1. The van der Waals surface area contributed by atoms with Crippen molar-refractivity contribution in [2.24, 2.45) is 4.99 Å². The van der Waals surface area contributed by atoms with E-state index in [4.69, 9.17) is 4.42 Å². The van der Waals surface area contributed by atoms with Crippen LogP contribution in [0.2, 0.25) is 0 Å². The van der Waals surface area contributed by atoms with E-state index in [1.165, 1.54) is 5.56 Å². The van der Waals surface area contributed by atoms with E-state index in [9.17, 15) is 0 Å². The van der Waals surface area contributed by atoms with Gasteiger partial charge in [0.05, 0.1) is 6.20 Å². The molecule has 138 valence electrons. The van der Waals surface area contributed by atoms with Gasteiger partial charge >= 0.3 is 0 Å². The molecule has 0 atom stereocenters. The number of furan rings is 1. The predicted molar refractivity (Wildman–Crippen MR) is 105 cm³/mol. The molecule has 0 aliphatic carbocycles. The quantitative estimate of drug-likeness (QED) is 0.345. The number of rotatable bonds is 7. The maximum absolute atomic E-state index is 5.94. The average Bonchev–Trinajstić information content (AvgIpc) is 3.20. The van der Waals surface area contributed by atoms with Crippen LogP contribution in [0.5, 0.6) is 0 Å². The summed E-state index contributed by atoms with van der Waals surface area (Å²) in [4.78, 5) is 4.67. The Hall–Kier alpha value is -2.76. The van der Waals surface area contributed by atoms with Crippen molar-refractivity contribution in [1.29, 1.82) is 0 Å². The van der Waals surface area contributed by atoms with E-state index in [2.05, 4.69) is 52.7 Å². The lowest BCUT2D eigenvalue weighted by molar-refractivity contribution is 0.547. The predicted octanol–water partition coefficient (Wildman–Crippen LogP) is 3.46. The third kappa shape index (κ3) is 4.25. The summed E-state index contributed by atoms with van der Waals surface area (Å²) in [7, 11) is 0. The van der Waals surface area contributed by atoms with Gasteiger partial charge in [0.2, 0.25) is 0 Å². The molecular formula is C20H27N5O. The number of fused-ring (bicyclic) bond motifs is 1. The van der Waals surface area contributed by atoms with Crippen LogP contribution in [0.25, 0.3) is 11.0 Å². The molecule has 0 radical (unpaired) electrons. The molecule has 0 saturated heterocycles. The third-order valence-corrected chi connectivity index (χ3v) is 4.52. The molecule has 3 rings (SSSR count). The van der Waals surface area contributed by atoms with Crippen molar-refractivity contribution in [3.05, 3.63) is 53.0 Å². The number of hydrogen-bond acceptors (Lipinski definition) is 3. The summed E-state index contributed by atoms with van der Waals surface area (Å²) in [5, 5.41) is 14.9. The first-order valence-electron chi connectivity index (χ1n) is 9.17. The molecule has 2 heterocycles. The van der Waals surface area contributed by atoms with Crippen molar-refractivity contribution < 1.29 is 4.42 Å². The van der Waals surface area contributed by atoms with Crippen LogP contribution < -0.4 is 10.6 Å². The van der Waals surface area contributed by atoms with Gasteiger partial charge in [0, 0.05) is 29.7 Å². The molecule has 0 aliphatic heterocycles. The second-order valence-electron chi connectivity index (χ2n) is 6.39. The summed E-state index contributed by atoms with van der Waals surface area (Å²) in [6.45, 7) is 8.41. The number of aliphatic imine (C=N–C) groups is 1. The van der Waals surface area contributed by atoms with Gasteiger partial charge in [-0.1, -0.05) is 18.2 Å². The second kappa shape index (κ2) is 8.56. The highest BCUT2D eigenvalue weighted by molar-refractivity contribution is 5.82. The van der Waals surface area contributed by atoms with E-state index in [1.807, 2.05) is 24.4 Å². The standard InChI is InChI=1S/C20H27N5O/c1-4-21-20(22-11-7-8-16-12-24-25-15(16)3)23-13-19-14(2)17-9-5-6-10-18(17)26-19/h5-6,9-10,12H,4,7-8,11,13H2,1-3H3,(H,24,25)(H2,21,22,23). The normalized spacial score (nSPS) is 11.9. The van der Waals surface area contributed by atoms with Crippen molar-refractivity contribution in [2.75, 3.05) is 13.1 Å². The smallest absolute Gasteiger partial charge is 0.191 e. The molecule has 0 fully saturated rings. The topological polar surface area (TPSA) is 78.2 Å². The van der Waals surface area contributed by atoms with Gasteiger partial charge in [-0.2, -0.15) is 5.10 Å². The summed E-state index contributed by atoms with van der Waals surface area (Å²) >= 11 is 0. The summed E-state index contributed by atoms with van der Waals surface area (Å²) in [6.07, 6.45) is 3.92. The molecule has 0 spiro atoms. The van der Waals surface area contributed by atoms with Crippen LogP contribution >= 0.6 is 0 Å². The zero-order valence-corrected chi connectivity index (χ0v) is 15.7. The maximum atomic E-state index is 5.94. The molecule has 1 aromatic carbocycles. The lowest BCUT2D eigenvalue weighted by Crippen LogP contribution is -2.37. The molecule has 2 aromatic heterocycles. The fourth-order valence-electron chi connectivity index (χ4n) is 2.98. The van der Waals surface area contributed by atoms with Crippen LogP contribution in [-0.2, 0) is 13.0 Å². The van der Waals surface area contributed by atoms with Crippen LogP contribution in [0.4, 0.5) is 0 Å². The van der Waals surface area contributed by atoms with Gasteiger partial charge in [0.25, 0.3) is 0 Å². The number of hydrogen-bond donors (Lipinski definition) is 3. The Bertz CT molecular complexity index is 877. The number of nitrogens with one attached hydrogen (secondary N) is 3. The Kier molecular flexibility index (Phi) is 5.94. The minimum absolute atomic E-state index is 0.524. The van der Waals surface area contributed by atoms with Gasteiger partial charge in [-0.25, -0.2) is 4.99 Å². The Morgan fingerprint density at radius 1 is 1.23 bits per heavy atom. The highest BCUT2D eigenvalue weighted by Crippen LogP contribution is 2.25. The first kappa shape index (κ1) is 18.0. The number of aromatic amines is 1. The molecule has 3 aromatic rings. The van der Waals surface area contributed by atoms with Crippen molar-refractivity contribution in [1.82, 2.24) is 20.8 Å². The highest BCUT2D eigenvalue weighted by Gasteiger charge is 2.09. The number of nitrogens with zero attached hydrogens (tertiary/aromatic N) is 2. The molecular weight excluding hydrogens is 326 g/mol. The summed E-state index contributed by atoms with van der Waals surface area (Å²) in [5.74, 6) is 1.73. The lowest BCUT2D eigenvalue weighted by Gasteiger charge is -2.11. The Labute approximate surface area is 154 Å². The van der Waals surface area contributed by atoms with Crippen molar-refractivity contribution in [3.8, 4) is 0 Å². The highest BCUT2D eigenvalue weighted by atomic mass is 16.3. The zero-order chi connectivity index (χ0) is 18.4. The first-order valence-corrected chi connectivity index (χ1v) is 9.17. The molecule has 6 heteroatoms. The molecule has 3 N–H and O–H groups in total. The molecule has 0 amide bonds. The molecule has 0 saturated carbocycles. The lowest BCUT2D eigenvalue weighted by atomic mass is 10.1. The minimum Gasteiger partial charge on any atom is -0.459 e. The van der Waals surface area contributed by atoms with Crippen LogP contribution in [0, 0.1) is 13.8 Å². The van der Waals surface area contributed by atoms with Crippen LogP contribution in [-0.4, -0.2) is 29.2 Å². The fraction of sp³-hybridized carbons (Fsp3) is 0.400. The monoisotopic (exact) mass is 353 g/mol. The van der Waals surface area contributed by atoms with Gasteiger partial charge in [-0.15, -0.1) is 0 Å². The zero-order valence-electron chi connectivity index (χ0n) is 15.7. The Morgan fingerprint density at radius 3 is 2.81 bits per heavy atom. The van der Waals surface area contributed by atoms with Gasteiger partial charge in [0.1, 0.15) is 17.9 Å². The second-order valence-corrected chi connectivity index (χ2v) is 6.39. The number of H-pyrrole nitrogens is 1. The van der Waals surface area contributed by atoms with Crippen molar-refractivity contribution in [2.45, 2.75) is 40.2 Å². The molecule has 0 bridgehead atoms. The van der Waals surface area contributed by atoms with E-state index in [0.29, 0.717) is 6.54 Å². The Morgan fingerprint density at radius 2 is 2.08 bits per heavy atom. The van der Waals surface area contributed by atoms with Gasteiger partial charge in [-0.05, 0) is 45.2 Å². The van der Waals surface area contributed by atoms with E-state index in [0.717, 1.165) is 59.9 Å². The van der Waals surface area contributed by atoms with Crippen LogP contribution in [0.15, 0.2) is 39.9 Å². The summed E-state index contributed by atoms with van der Waals surface area (Å²) < 4.78 is 5.94. The largest absolute Gasteiger partial charge is 0.459 e. The van der Waals surface area contributed by atoms with Crippen LogP contribution in [0.3, 0.4) is 0 Å². The Balaban J connectivity index is 1.57. The van der Waals surface area contributed by atoms with Gasteiger partial charge < -0.3 is 15.1 Å². The number of para-hydroxylation sites is 1. The SMILES string of the molecule is CCNC(=NCc1oc2ccccc2c1C)NCCCc1cn[nH]c1C. The molecule has 0 unspecified atom stereocenters. The summed E-state index contributed by atoms with van der Waals surface area (Å²) in [6, 6.07) is 8.11. The van der Waals surface area contributed by atoms with Crippen molar-refractivity contribution >= 4 is 16.9 Å². The number of aryl methyl sites for hydroxylation is 3. The van der Waals surface area contributed by atoms with E-state index in [-0.39, 0.29) is 0 Å². The average molecular weight is 353 g/mol. The first-order chi connectivity index (χ1) is 12.7.